The number of likely N-dealkylation sites (tertiary alicyclic amines) is 1. The number of Topliss-reactive ketones (excluding diaryl/α,β-unsaturated/α-hetero) is 1. The largest absolute Gasteiger partial charge is 0.497 e. The number of carbonyl (C=O) groups excluding carboxylic acids is 1. The van der Waals surface area contributed by atoms with Crippen molar-refractivity contribution in [2.45, 2.75) is 31.8 Å². The van der Waals surface area contributed by atoms with Crippen LogP contribution in [0.2, 0.25) is 0 Å². The number of aliphatic hydroxyl groups is 1. The van der Waals surface area contributed by atoms with Gasteiger partial charge in [-0.05, 0) is 72.8 Å². The Morgan fingerprint density at radius 2 is 1.83 bits per heavy atom. The van der Waals surface area contributed by atoms with Gasteiger partial charge in [0.1, 0.15) is 18.0 Å². The maximum Gasteiger partial charge on any atom is 0.188 e. The summed E-state index contributed by atoms with van der Waals surface area (Å²) in [4.78, 5) is 19.0. The van der Waals surface area contributed by atoms with Crippen LogP contribution < -0.4 is 4.74 Å². The van der Waals surface area contributed by atoms with Gasteiger partial charge in [0.15, 0.2) is 5.78 Å². The van der Waals surface area contributed by atoms with Gasteiger partial charge in [0.05, 0.1) is 7.11 Å². The highest BCUT2D eigenvalue weighted by Gasteiger charge is 2.21. The molecule has 2 aromatic carbocycles. The summed E-state index contributed by atoms with van der Waals surface area (Å²) in [5, 5.41) is 10.2. The lowest BCUT2D eigenvalue weighted by Gasteiger charge is -2.32. The number of aromatic nitrogens is 2. The van der Waals surface area contributed by atoms with Crippen LogP contribution in [-0.2, 0) is 13.1 Å². The molecular formula is C29H31N3O3. The molecule has 1 aliphatic rings. The average Bonchev–Trinajstić information content (AvgIpc) is 3.31. The Morgan fingerprint density at radius 3 is 2.57 bits per heavy atom. The zero-order chi connectivity index (χ0) is 24.2. The van der Waals surface area contributed by atoms with Crippen molar-refractivity contribution in [2.75, 3.05) is 26.8 Å². The predicted octanol–water partition coefficient (Wildman–Crippen LogP) is 4.65. The van der Waals surface area contributed by atoms with Crippen LogP contribution in [-0.4, -0.2) is 52.1 Å². The van der Waals surface area contributed by atoms with Gasteiger partial charge in [0.25, 0.3) is 0 Å². The number of benzene rings is 2. The van der Waals surface area contributed by atoms with Crippen LogP contribution in [0.15, 0.2) is 73.1 Å². The fourth-order valence-corrected chi connectivity index (χ4v) is 4.98. The molecule has 0 unspecified atom stereocenters. The number of hydrogen-bond acceptors (Lipinski definition) is 5. The van der Waals surface area contributed by atoms with Gasteiger partial charge in [-0.25, -0.2) is 4.98 Å². The second-order valence-electron chi connectivity index (χ2n) is 9.31. The number of pyridine rings is 1. The normalized spacial score (nSPS) is 14.9. The number of fused-ring (bicyclic) bond motifs is 1. The molecule has 1 saturated heterocycles. The number of methoxy groups -OCH3 is 1. The number of rotatable bonds is 8. The Morgan fingerprint density at radius 1 is 1.03 bits per heavy atom. The first-order chi connectivity index (χ1) is 17.1. The van der Waals surface area contributed by atoms with Crippen LogP contribution in [0.5, 0.6) is 5.75 Å². The minimum Gasteiger partial charge on any atom is -0.497 e. The van der Waals surface area contributed by atoms with Crippen molar-refractivity contribution in [1.29, 1.82) is 0 Å². The van der Waals surface area contributed by atoms with Crippen molar-refractivity contribution < 1.29 is 14.6 Å². The summed E-state index contributed by atoms with van der Waals surface area (Å²) in [5.74, 6) is 1.19. The van der Waals surface area contributed by atoms with Gasteiger partial charge in [0.2, 0.25) is 0 Å². The summed E-state index contributed by atoms with van der Waals surface area (Å²) in [6, 6.07) is 20.2. The molecule has 0 bridgehead atoms. The highest BCUT2D eigenvalue weighted by molar-refractivity contribution is 5.96. The third-order valence-corrected chi connectivity index (χ3v) is 6.99. The monoisotopic (exact) mass is 469 g/mol. The molecule has 5 rings (SSSR count). The lowest BCUT2D eigenvalue weighted by molar-refractivity contribution is 0.0903. The van der Waals surface area contributed by atoms with Crippen molar-refractivity contribution in [1.82, 2.24) is 14.5 Å². The van der Waals surface area contributed by atoms with E-state index in [4.69, 9.17) is 14.8 Å². The lowest BCUT2D eigenvalue weighted by Crippen LogP contribution is -2.32. The Bertz CT molecular complexity index is 1300. The molecule has 0 radical (unpaired) electrons. The maximum absolute atomic E-state index is 11.6. The number of hydrogen-bond donors (Lipinski definition) is 1. The molecule has 0 saturated carbocycles. The molecule has 0 atom stereocenters. The summed E-state index contributed by atoms with van der Waals surface area (Å²) in [6.07, 6.45) is 6.39. The van der Waals surface area contributed by atoms with E-state index in [0.717, 1.165) is 54.8 Å². The van der Waals surface area contributed by atoms with E-state index in [9.17, 15) is 4.79 Å². The zero-order valence-corrected chi connectivity index (χ0v) is 20.1. The molecule has 0 amide bonds. The Hall–Kier alpha value is -3.48. The van der Waals surface area contributed by atoms with Gasteiger partial charge in [-0.15, -0.1) is 0 Å². The summed E-state index contributed by atoms with van der Waals surface area (Å²) < 4.78 is 7.50. The molecule has 1 aliphatic heterocycles. The van der Waals surface area contributed by atoms with E-state index in [1.54, 1.807) is 19.2 Å². The second-order valence-corrected chi connectivity index (χ2v) is 9.31. The van der Waals surface area contributed by atoms with E-state index in [1.165, 1.54) is 11.1 Å². The van der Waals surface area contributed by atoms with Crippen LogP contribution in [0.3, 0.4) is 0 Å². The van der Waals surface area contributed by atoms with Crippen LogP contribution in [0.1, 0.15) is 45.8 Å². The molecule has 1 N–H and O–H groups in total. The van der Waals surface area contributed by atoms with Crippen molar-refractivity contribution in [3.05, 3.63) is 95.3 Å². The van der Waals surface area contributed by atoms with Crippen LogP contribution in [0.4, 0.5) is 0 Å². The standard InChI is InChI=1S/C29H31N3O3/c1-35-27-4-2-3-22(15-27)18-31-12-9-23(10-13-31)26-16-25-11-14-32(29(25)30-17-26)19-21-5-7-24(8-6-21)28(34)20-33/h2-8,11,14-17,23,33H,9-10,12-13,18-20H2,1H3. The van der Waals surface area contributed by atoms with E-state index < -0.39 is 6.61 Å². The Balaban J connectivity index is 1.22. The smallest absolute Gasteiger partial charge is 0.188 e. The molecule has 6 heteroatoms. The molecule has 180 valence electrons. The number of aliphatic hydroxyl groups excluding tert-OH is 1. The minimum atomic E-state index is -0.463. The van der Waals surface area contributed by atoms with E-state index >= 15 is 0 Å². The number of ether oxygens (including phenoxy) is 1. The summed E-state index contributed by atoms with van der Waals surface area (Å²) in [7, 11) is 1.71. The second kappa shape index (κ2) is 10.4. The molecule has 0 spiro atoms. The van der Waals surface area contributed by atoms with Gasteiger partial charge >= 0.3 is 0 Å². The van der Waals surface area contributed by atoms with E-state index in [0.29, 0.717) is 18.0 Å². The van der Waals surface area contributed by atoms with Gasteiger partial charge in [0, 0.05) is 36.4 Å². The molecule has 2 aromatic heterocycles. The third-order valence-electron chi connectivity index (χ3n) is 6.99. The summed E-state index contributed by atoms with van der Waals surface area (Å²) >= 11 is 0. The molecule has 4 aromatic rings. The first kappa shape index (κ1) is 23.3. The number of piperidine rings is 1. The predicted molar refractivity (Wildman–Crippen MR) is 137 cm³/mol. The summed E-state index contributed by atoms with van der Waals surface area (Å²) in [5.41, 5.74) is 5.21. The molecule has 6 nitrogen and oxygen atoms in total. The number of nitrogens with zero attached hydrogens (tertiary/aromatic N) is 3. The third kappa shape index (κ3) is 5.29. The first-order valence-corrected chi connectivity index (χ1v) is 12.2. The van der Waals surface area contributed by atoms with Gasteiger partial charge < -0.3 is 14.4 Å². The first-order valence-electron chi connectivity index (χ1n) is 12.2. The van der Waals surface area contributed by atoms with Crippen molar-refractivity contribution >= 4 is 16.8 Å². The fourth-order valence-electron chi connectivity index (χ4n) is 4.98. The fraction of sp³-hybridized carbons (Fsp3) is 0.310. The van der Waals surface area contributed by atoms with Crippen LogP contribution in [0.25, 0.3) is 11.0 Å². The molecule has 0 aliphatic carbocycles. The zero-order valence-electron chi connectivity index (χ0n) is 20.1. The van der Waals surface area contributed by atoms with Gasteiger partial charge in [-0.1, -0.05) is 36.4 Å². The molecular weight excluding hydrogens is 438 g/mol. The SMILES string of the molecule is COc1cccc(CN2CCC(c3cnc4c(ccn4Cc4ccc(C(=O)CO)cc4)c3)CC2)c1. The summed E-state index contributed by atoms with van der Waals surface area (Å²) in [6.45, 7) is 3.34. The lowest BCUT2D eigenvalue weighted by atomic mass is 9.90. The highest BCUT2D eigenvalue weighted by Crippen LogP contribution is 2.30. The van der Waals surface area contributed by atoms with Crippen molar-refractivity contribution in [3.8, 4) is 5.75 Å². The van der Waals surface area contributed by atoms with Gasteiger partial charge in [-0.3, -0.25) is 9.69 Å². The topological polar surface area (TPSA) is 67.6 Å². The molecule has 3 heterocycles. The highest BCUT2D eigenvalue weighted by atomic mass is 16.5. The average molecular weight is 470 g/mol. The Labute approximate surface area is 205 Å². The van der Waals surface area contributed by atoms with Crippen LogP contribution >= 0.6 is 0 Å². The molecule has 1 fully saturated rings. The quantitative estimate of drug-likeness (QED) is 0.381. The van der Waals surface area contributed by atoms with E-state index in [1.807, 2.05) is 24.4 Å². The van der Waals surface area contributed by atoms with Gasteiger partial charge in [-0.2, -0.15) is 0 Å². The Kier molecular flexibility index (Phi) is 6.93. The maximum atomic E-state index is 11.6. The minimum absolute atomic E-state index is 0.261. The van der Waals surface area contributed by atoms with Crippen molar-refractivity contribution in [3.63, 3.8) is 0 Å². The number of ketones is 1. The molecule has 35 heavy (non-hydrogen) atoms. The number of carbonyl (C=O) groups is 1. The van der Waals surface area contributed by atoms with Crippen LogP contribution in [0, 0.1) is 0 Å². The van der Waals surface area contributed by atoms with E-state index in [-0.39, 0.29) is 5.78 Å². The van der Waals surface area contributed by atoms with E-state index in [2.05, 4.69) is 46.0 Å². The van der Waals surface area contributed by atoms with Crippen molar-refractivity contribution in [2.24, 2.45) is 0 Å².